The minimum absolute atomic E-state index is 0.518. The summed E-state index contributed by atoms with van der Waals surface area (Å²) in [6, 6.07) is 5.31. The molecule has 1 aliphatic heterocycles. The van der Waals surface area contributed by atoms with Gasteiger partial charge in [0, 0.05) is 0 Å². The van der Waals surface area contributed by atoms with Gasteiger partial charge in [0.15, 0.2) is 11.5 Å². The van der Waals surface area contributed by atoms with Crippen LogP contribution >= 0.6 is 7.49 Å². The highest BCUT2D eigenvalue weighted by Crippen LogP contribution is 2.76. The second kappa shape index (κ2) is 5.10. The molecule has 2 rings (SSSR count). The van der Waals surface area contributed by atoms with Gasteiger partial charge in [0.1, 0.15) is 10.6 Å². The molecule has 5 nitrogen and oxygen atoms in total. The number of fused-ring (bicyclic) bond motifs is 1. The van der Waals surface area contributed by atoms with Crippen molar-refractivity contribution in [1.29, 1.82) is 0 Å². The molecule has 0 saturated heterocycles. The molecule has 1 heterocycles. The third kappa shape index (κ3) is 2.19. The fourth-order valence-corrected chi connectivity index (χ4v) is 6.70. The molecule has 0 aliphatic carbocycles. The second-order valence-electron chi connectivity index (χ2n) is 7.16. The van der Waals surface area contributed by atoms with E-state index in [0.29, 0.717) is 16.8 Å². The van der Waals surface area contributed by atoms with Gasteiger partial charge in [-0.1, -0.05) is 6.07 Å². The molecule has 0 radical (unpaired) electrons. The fourth-order valence-electron chi connectivity index (χ4n) is 2.82. The molecule has 2 atom stereocenters. The van der Waals surface area contributed by atoms with Gasteiger partial charge in [-0.15, -0.1) is 0 Å². The summed E-state index contributed by atoms with van der Waals surface area (Å²) in [5, 5.41) is 9.69. The van der Waals surface area contributed by atoms with Crippen LogP contribution in [0.25, 0.3) is 0 Å². The van der Waals surface area contributed by atoms with Gasteiger partial charge in [0.2, 0.25) is 12.8 Å². The maximum atomic E-state index is 11.7. The van der Waals surface area contributed by atoms with Crippen LogP contribution in [-0.4, -0.2) is 34.1 Å². The summed E-state index contributed by atoms with van der Waals surface area (Å²) in [6.45, 7) is 8.92. The first kappa shape index (κ1) is 17.0. The fraction of sp³-hybridized carbons (Fsp3) is 0.562. The number of carbonyl (C=O) groups is 1. The lowest BCUT2D eigenvalue weighted by molar-refractivity contribution is -0.149. The number of carboxylic acid groups (broad SMARTS) is 1. The van der Waals surface area contributed by atoms with E-state index in [9.17, 15) is 14.8 Å². The van der Waals surface area contributed by atoms with E-state index in [-0.39, 0.29) is 0 Å². The Balaban J connectivity index is 2.74. The van der Waals surface area contributed by atoms with Crippen molar-refractivity contribution in [2.24, 2.45) is 5.41 Å². The number of methoxy groups -OCH3 is 1. The molecule has 122 valence electrons. The predicted octanol–water partition coefficient (Wildman–Crippen LogP) is 2.87. The van der Waals surface area contributed by atoms with Crippen molar-refractivity contribution < 1.29 is 24.3 Å². The van der Waals surface area contributed by atoms with Crippen LogP contribution in [0.4, 0.5) is 0 Å². The summed E-state index contributed by atoms with van der Waals surface area (Å²) < 4.78 is 11.4. The van der Waals surface area contributed by atoms with Gasteiger partial charge < -0.3 is 14.6 Å². The van der Waals surface area contributed by atoms with Crippen molar-refractivity contribution in [3.05, 3.63) is 18.2 Å². The van der Waals surface area contributed by atoms with Crippen LogP contribution in [0.2, 0.25) is 0 Å². The molecule has 0 spiro atoms. The molecule has 1 aromatic carbocycles. The molecular weight excluding hydrogens is 303 g/mol. The molecule has 1 aromatic rings. The zero-order valence-corrected chi connectivity index (χ0v) is 14.8. The first-order valence-electron chi connectivity index (χ1n) is 7.17. The van der Waals surface area contributed by atoms with Gasteiger partial charge in [0.25, 0.3) is 5.85 Å². The minimum Gasteiger partial charge on any atom is -0.492 e. The molecule has 0 bridgehead atoms. The smallest absolute Gasteiger partial charge is 0.317 e. The average molecular weight is 327 g/mol. The van der Waals surface area contributed by atoms with E-state index in [1.807, 2.05) is 20.8 Å². The second-order valence-corrected chi connectivity index (χ2v) is 10.8. The Bertz CT molecular complexity index is 605. The largest absolute Gasteiger partial charge is 0.492 e. The maximum Gasteiger partial charge on any atom is 0.317 e. The Hall–Kier alpha value is -1.32. The summed E-state index contributed by atoms with van der Waals surface area (Å²) in [5.41, 5.74) is -1.22. The minimum atomic E-state index is -2.96. The van der Waals surface area contributed by atoms with E-state index in [1.54, 1.807) is 32.0 Å². The SMILES string of the molecule is COc1cccc2c1[P+](O)(C(C)(C)C)[C@@H](C(C)(C)C(=O)O)O2. The Morgan fingerprint density at radius 1 is 1.27 bits per heavy atom. The van der Waals surface area contributed by atoms with E-state index in [0.717, 1.165) is 0 Å². The molecule has 0 aromatic heterocycles. The van der Waals surface area contributed by atoms with Gasteiger partial charge >= 0.3 is 5.97 Å². The van der Waals surface area contributed by atoms with Crippen molar-refractivity contribution in [2.75, 3.05) is 7.11 Å². The van der Waals surface area contributed by atoms with Crippen LogP contribution in [0, 0.1) is 5.41 Å². The Morgan fingerprint density at radius 2 is 1.86 bits per heavy atom. The summed E-state index contributed by atoms with van der Waals surface area (Å²) in [5.74, 6) is -0.743. The Labute approximate surface area is 131 Å². The monoisotopic (exact) mass is 327 g/mol. The maximum absolute atomic E-state index is 11.7. The number of hydrogen-bond acceptors (Lipinski definition) is 4. The van der Waals surface area contributed by atoms with Crippen LogP contribution in [0.5, 0.6) is 11.5 Å². The van der Waals surface area contributed by atoms with Gasteiger partial charge in [-0.25, -0.2) is 4.89 Å². The van der Waals surface area contributed by atoms with Gasteiger partial charge in [-0.05, 0) is 46.8 Å². The normalized spacial score (nSPS) is 24.6. The zero-order chi connectivity index (χ0) is 16.9. The van der Waals surface area contributed by atoms with Crippen molar-refractivity contribution in [1.82, 2.24) is 0 Å². The molecular formula is C16H24O5P+. The molecule has 6 heteroatoms. The summed E-state index contributed by atoms with van der Waals surface area (Å²) in [7, 11) is -1.42. The molecule has 1 unspecified atom stereocenters. The first-order chi connectivity index (χ1) is 9.97. The van der Waals surface area contributed by atoms with Crippen molar-refractivity contribution in [3.8, 4) is 11.5 Å². The molecule has 2 N–H and O–H groups in total. The highest BCUT2D eigenvalue weighted by Gasteiger charge is 2.71. The average Bonchev–Trinajstić information content (AvgIpc) is 2.73. The third-order valence-electron chi connectivity index (χ3n) is 4.29. The van der Waals surface area contributed by atoms with Crippen molar-refractivity contribution >= 4 is 18.8 Å². The molecule has 0 saturated carbocycles. The van der Waals surface area contributed by atoms with Gasteiger partial charge in [0.05, 0.1) is 7.11 Å². The quantitative estimate of drug-likeness (QED) is 0.835. The Morgan fingerprint density at radius 3 is 2.32 bits per heavy atom. The zero-order valence-electron chi connectivity index (χ0n) is 13.9. The van der Waals surface area contributed by atoms with Crippen molar-refractivity contribution in [2.45, 2.75) is 45.6 Å². The molecule has 0 amide bonds. The molecule has 0 fully saturated rings. The standard InChI is InChI=1S/C16H23O5P/c1-15(2,3)22(19)12-10(20-6)8-7-9-11(12)21-14(22)16(4,5)13(17)18/h7-9,14,19H,1-6H3/p+1/t14-,22?/m0/s1. The summed E-state index contributed by atoms with van der Waals surface area (Å²) >= 11 is 0. The lowest BCUT2D eigenvalue weighted by Crippen LogP contribution is -2.45. The lowest BCUT2D eigenvalue weighted by Gasteiger charge is -2.37. The summed E-state index contributed by atoms with van der Waals surface area (Å²) in [6.07, 6.45) is 0. The molecule has 22 heavy (non-hydrogen) atoms. The van der Waals surface area contributed by atoms with E-state index in [4.69, 9.17) is 9.47 Å². The van der Waals surface area contributed by atoms with Crippen LogP contribution in [0.15, 0.2) is 18.2 Å². The van der Waals surface area contributed by atoms with E-state index >= 15 is 0 Å². The number of rotatable bonds is 3. The van der Waals surface area contributed by atoms with Crippen LogP contribution in [0.3, 0.4) is 0 Å². The Kier molecular flexibility index (Phi) is 3.95. The van der Waals surface area contributed by atoms with Crippen LogP contribution in [0.1, 0.15) is 34.6 Å². The lowest BCUT2D eigenvalue weighted by atomic mass is 9.95. The highest BCUT2D eigenvalue weighted by molar-refractivity contribution is 7.80. The van der Waals surface area contributed by atoms with E-state index in [2.05, 4.69) is 0 Å². The number of hydrogen-bond donors (Lipinski definition) is 2. The van der Waals surface area contributed by atoms with E-state index in [1.165, 1.54) is 7.11 Å². The van der Waals surface area contributed by atoms with Gasteiger partial charge in [-0.2, -0.15) is 0 Å². The first-order valence-corrected chi connectivity index (χ1v) is 8.98. The predicted molar refractivity (Wildman–Crippen MR) is 87.4 cm³/mol. The number of carboxylic acids is 1. The number of aliphatic carboxylic acids is 1. The van der Waals surface area contributed by atoms with Crippen LogP contribution in [-0.2, 0) is 4.79 Å². The third-order valence-corrected chi connectivity index (χ3v) is 8.89. The highest BCUT2D eigenvalue weighted by atomic mass is 31.2. The topological polar surface area (TPSA) is 76.0 Å². The molecule has 1 aliphatic rings. The summed E-state index contributed by atoms with van der Waals surface area (Å²) in [4.78, 5) is 23.4. The van der Waals surface area contributed by atoms with Crippen LogP contribution < -0.4 is 14.8 Å². The number of benzene rings is 1. The van der Waals surface area contributed by atoms with E-state index < -0.39 is 29.9 Å². The van der Waals surface area contributed by atoms with Gasteiger partial charge in [-0.3, -0.25) is 4.79 Å². The number of ether oxygens (including phenoxy) is 2. The van der Waals surface area contributed by atoms with Crippen molar-refractivity contribution in [3.63, 3.8) is 0 Å².